The predicted octanol–water partition coefficient (Wildman–Crippen LogP) is 1.30. The van der Waals surface area contributed by atoms with Crippen molar-refractivity contribution in [2.24, 2.45) is 11.8 Å². The van der Waals surface area contributed by atoms with Crippen LogP contribution in [0.15, 0.2) is 12.4 Å². The smallest absolute Gasteiger partial charge is 0.248 e. The zero-order valence-corrected chi connectivity index (χ0v) is 17.7. The number of hydrogen-bond acceptors (Lipinski definition) is 7. The second-order valence-corrected chi connectivity index (χ2v) is 8.96. The molecule has 0 bridgehead atoms. The van der Waals surface area contributed by atoms with Gasteiger partial charge in [-0.1, -0.05) is 0 Å². The fourth-order valence-corrected chi connectivity index (χ4v) is 4.22. The highest BCUT2D eigenvalue weighted by molar-refractivity contribution is 5.78. The van der Waals surface area contributed by atoms with Gasteiger partial charge in [0.1, 0.15) is 24.6 Å². The van der Waals surface area contributed by atoms with Gasteiger partial charge in [0, 0.05) is 46.3 Å². The molecule has 1 N–H and O–H groups in total. The number of likely N-dealkylation sites (tertiary alicyclic amines) is 1. The Morgan fingerprint density at radius 1 is 1.14 bits per heavy atom. The Morgan fingerprint density at radius 3 is 2.62 bits per heavy atom. The van der Waals surface area contributed by atoms with Gasteiger partial charge in [-0.25, -0.2) is 9.97 Å². The van der Waals surface area contributed by atoms with Gasteiger partial charge in [0.2, 0.25) is 5.91 Å². The van der Waals surface area contributed by atoms with Crippen molar-refractivity contribution in [2.75, 3.05) is 70.2 Å². The summed E-state index contributed by atoms with van der Waals surface area (Å²) in [6.45, 7) is 6.00. The molecule has 160 valence electrons. The number of carbonyl (C=O) groups is 1. The lowest BCUT2D eigenvalue weighted by atomic mass is 9.95. The van der Waals surface area contributed by atoms with Crippen molar-refractivity contribution in [1.29, 1.82) is 0 Å². The van der Waals surface area contributed by atoms with Crippen LogP contribution in [-0.2, 0) is 9.53 Å². The summed E-state index contributed by atoms with van der Waals surface area (Å²) in [6, 6.07) is 1.92. The van der Waals surface area contributed by atoms with Crippen LogP contribution < -0.4 is 10.2 Å². The third-order valence-corrected chi connectivity index (χ3v) is 6.24. The van der Waals surface area contributed by atoms with Crippen LogP contribution in [0.5, 0.6) is 0 Å². The zero-order chi connectivity index (χ0) is 20.2. The molecule has 0 radical (unpaired) electrons. The van der Waals surface area contributed by atoms with Crippen molar-refractivity contribution in [2.45, 2.75) is 31.8 Å². The molecular weight excluding hydrogens is 368 g/mol. The number of piperidine rings is 1. The van der Waals surface area contributed by atoms with Gasteiger partial charge in [-0.05, 0) is 50.6 Å². The molecule has 1 atom stereocenters. The Bertz CT molecular complexity index is 688. The van der Waals surface area contributed by atoms with Crippen molar-refractivity contribution in [1.82, 2.24) is 19.8 Å². The van der Waals surface area contributed by atoms with Crippen LogP contribution in [0.25, 0.3) is 0 Å². The second kappa shape index (κ2) is 9.26. The lowest BCUT2D eigenvalue weighted by Crippen LogP contribution is -2.51. The maximum absolute atomic E-state index is 12.4. The number of nitrogens with one attached hydrogen (secondary N) is 1. The van der Waals surface area contributed by atoms with Crippen molar-refractivity contribution >= 4 is 17.5 Å². The first-order chi connectivity index (χ1) is 14.1. The summed E-state index contributed by atoms with van der Waals surface area (Å²) in [5.74, 6) is 3.34. The molecule has 1 aromatic rings. The van der Waals surface area contributed by atoms with Crippen LogP contribution in [-0.4, -0.2) is 91.7 Å². The molecule has 2 aliphatic heterocycles. The summed E-state index contributed by atoms with van der Waals surface area (Å²) in [7, 11) is 3.91. The van der Waals surface area contributed by atoms with Crippen molar-refractivity contribution in [3.8, 4) is 0 Å². The molecule has 0 spiro atoms. The number of morpholine rings is 1. The summed E-state index contributed by atoms with van der Waals surface area (Å²) < 4.78 is 5.76. The molecule has 1 aliphatic carbocycles. The summed E-state index contributed by atoms with van der Waals surface area (Å²) in [4.78, 5) is 27.5. The zero-order valence-electron chi connectivity index (χ0n) is 17.7. The first-order valence-electron chi connectivity index (χ1n) is 10.9. The maximum Gasteiger partial charge on any atom is 0.248 e. The minimum Gasteiger partial charge on any atom is -0.367 e. The Morgan fingerprint density at radius 2 is 1.90 bits per heavy atom. The fraction of sp³-hybridized carbons (Fsp3) is 0.762. The van der Waals surface area contributed by atoms with E-state index in [9.17, 15) is 4.79 Å². The number of hydrogen-bond donors (Lipinski definition) is 1. The van der Waals surface area contributed by atoms with E-state index in [1.165, 1.54) is 45.3 Å². The van der Waals surface area contributed by atoms with E-state index < -0.39 is 0 Å². The monoisotopic (exact) mass is 402 g/mol. The lowest BCUT2D eigenvalue weighted by Gasteiger charge is -2.38. The summed E-state index contributed by atoms with van der Waals surface area (Å²) >= 11 is 0. The summed E-state index contributed by atoms with van der Waals surface area (Å²) in [5.41, 5.74) is 0. The maximum atomic E-state index is 12.4. The molecule has 1 amide bonds. The average Bonchev–Trinajstić information content (AvgIpc) is 3.54. The van der Waals surface area contributed by atoms with E-state index in [-0.39, 0.29) is 18.6 Å². The highest BCUT2D eigenvalue weighted by Gasteiger charge is 2.31. The molecule has 4 rings (SSSR count). The van der Waals surface area contributed by atoms with Crippen LogP contribution in [0, 0.1) is 11.8 Å². The van der Waals surface area contributed by atoms with Gasteiger partial charge in [0.05, 0.1) is 6.10 Å². The third-order valence-electron chi connectivity index (χ3n) is 6.24. The molecule has 0 aromatic carbocycles. The van der Waals surface area contributed by atoms with Crippen molar-refractivity contribution in [3.63, 3.8) is 0 Å². The number of rotatable bonds is 8. The molecule has 3 heterocycles. The van der Waals surface area contributed by atoms with Crippen LogP contribution in [0.4, 0.5) is 11.6 Å². The number of ether oxygens (including phenoxy) is 1. The Hall–Kier alpha value is -1.93. The van der Waals surface area contributed by atoms with E-state index in [4.69, 9.17) is 4.74 Å². The van der Waals surface area contributed by atoms with Crippen LogP contribution in [0.2, 0.25) is 0 Å². The van der Waals surface area contributed by atoms with E-state index >= 15 is 0 Å². The molecule has 8 heteroatoms. The first kappa shape index (κ1) is 20.3. The number of aromatic nitrogens is 2. The van der Waals surface area contributed by atoms with E-state index in [0.29, 0.717) is 19.0 Å². The van der Waals surface area contributed by atoms with Gasteiger partial charge in [0.15, 0.2) is 0 Å². The van der Waals surface area contributed by atoms with Crippen LogP contribution in [0.3, 0.4) is 0 Å². The van der Waals surface area contributed by atoms with E-state index in [1.807, 2.05) is 30.0 Å². The topological polar surface area (TPSA) is 73.8 Å². The van der Waals surface area contributed by atoms with Crippen molar-refractivity contribution < 1.29 is 9.53 Å². The number of anilines is 2. The Labute approximate surface area is 173 Å². The van der Waals surface area contributed by atoms with Gasteiger partial charge < -0.3 is 24.8 Å². The standard InChI is InChI=1S/C21H34N6O2/c1-25(2)20-9-19(23-15-24-20)22-10-18-13-27(21(28)14-29-18)12-17-5-7-26(8-6-17)11-16-3-4-16/h9,15-18H,3-8,10-14H2,1-2H3,(H,22,23,24)/t18-/m0/s1. The van der Waals surface area contributed by atoms with Gasteiger partial charge >= 0.3 is 0 Å². The normalized spacial score (nSPS) is 24.0. The molecule has 1 saturated carbocycles. The molecule has 29 heavy (non-hydrogen) atoms. The van der Waals surface area contributed by atoms with E-state index in [0.717, 1.165) is 24.1 Å². The minimum atomic E-state index is -0.0135. The predicted molar refractivity (Wildman–Crippen MR) is 113 cm³/mol. The highest BCUT2D eigenvalue weighted by Crippen LogP contribution is 2.31. The lowest BCUT2D eigenvalue weighted by molar-refractivity contribution is -0.149. The second-order valence-electron chi connectivity index (χ2n) is 8.96. The largest absolute Gasteiger partial charge is 0.367 e. The molecule has 8 nitrogen and oxygen atoms in total. The van der Waals surface area contributed by atoms with Crippen LogP contribution in [0.1, 0.15) is 25.7 Å². The van der Waals surface area contributed by atoms with Gasteiger partial charge in [-0.2, -0.15) is 0 Å². The SMILES string of the molecule is CN(C)c1cc(NC[C@H]2CN(CC3CCN(CC4CC4)CC3)C(=O)CO2)ncn1. The first-order valence-corrected chi connectivity index (χ1v) is 10.9. The quantitative estimate of drug-likeness (QED) is 0.703. The summed E-state index contributed by atoms with van der Waals surface area (Å²) in [5, 5.41) is 3.33. The molecule has 3 fully saturated rings. The number of nitrogens with zero attached hydrogens (tertiary/aromatic N) is 5. The molecule has 0 unspecified atom stereocenters. The van der Waals surface area contributed by atoms with Gasteiger partial charge in [-0.3, -0.25) is 4.79 Å². The average molecular weight is 403 g/mol. The van der Waals surface area contributed by atoms with Crippen molar-refractivity contribution in [3.05, 3.63) is 12.4 Å². The van der Waals surface area contributed by atoms with Gasteiger partial charge in [0.25, 0.3) is 0 Å². The van der Waals surface area contributed by atoms with Crippen LogP contribution >= 0.6 is 0 Å². The number of carbonyl (C=O) groups excluding carboxylic acids is 1. The highest BCUT2D eigenvalue weighted by atomic mass is 16.5. The summed E-state index contributed by atoms with van der Waals surface area (Å²) in [6.07, 6.45) is 6.79. The van der Waals surface area contributed by atoms with Gasteiger partial charge in [-0.15, -0.1) is 0 Å². The fourth-order valence-electron chi connectivity index (χ4n) is 4.22. The molecule has 3 aliphatic rings. The van der Waals surface area contributed by atoms with E-state index in [2.05, 4.69) is 20.2 Å². The third kappa shape index (κ3) is 5.79. The Kier molecular flexibility index (Phi) is 6.50. The number of amides is 1. The molecular formula is C21H34N6O2. The minimum absolute atomic E-state index is 0.0135. The molecule has 1 aromatic heterocycles. The molecule has 2 saturated heterocycles. The van der Waals surface area contributed by atoms with E-state index in [1.54, 1.807) is 6.33 Å². The Balaban J connectivity index is 1.23.